The molecule has 0 heterocycles. The minimum absolute atomic E-state index is 0.128. The van der Waals surface area contributed by atoms with Crippen LogP contribution in [-0.4, -0.2) is 5.91 Å². The number of nitrogen functional groups attached to an aromatic ring is 1. The minimum atomic E-state index is -0.128. The lowest BCUT2D eigenvalue weighted by molar-refractivity contribution is 0.102. The van der Waals surface area contributed by atoms with Crippen molar-refractivity contribution in [2.45, 2.75) is 13.8 Å². The lowest BCUT2D eigenvalue weighted by Crippen LogP contribution is -2.13. The van der Waals surface area contributed by atoms with E-state index in [0.29, 0.717) is 5.56 Å². The second-order valence-electron chi connectivity index (χ2n) is 4.59. The van der Waals surface area contributed by atoms with Crippen LogP contribution in [0, 0.1) is 17.4 Å². The molecule has 2 aromatic carbocycles. The second-order valence-corrected chi connectivity index (χ2v) is 5.75. The normalized spacial score (nSPS) is 10.2. The quantitative estimate of drug-likeness (QED) is 0.434. The van der Waals surface area contributed by atoms with E-state index in [1.165, 1.54) is 5.56 Å². The number of carbonyl (C=O) groups is 1. The summed E-state index contributed by atoms with van der Waals surface area (Å²) in [6.45, 7) is 3.94. The van der Waals surface area contributed by atoms with Gasteiger partial charge in [0.2, 0.25) is 0 Å². The third-order valence-corrected chi connectivity index (χ3v) is 4.24. The van der Waals surface area contributed by atoms with Crippen LogP contribution < -0.4 is 16.6 Å². The zero-order chi connectivity index (χ0) is 14.7. The van der Waals surface area contributed by atoms with E-state index in [0.717, 1.165) is 20.5 Å². The average Bonchev–Trinajstić information content (AvgIpc) is 2.42. The van der Waals surface area contributed by atoms with Crippen LogP contribution in [0.25, 0.3) is 0 Å². The number of nitrogens with two attached hydrogens (primary N) is 1. The Morgan fingerprint density at radius 1 is 1.10 bits per heavy atom. The van der Waals surface area contributed by atoms with Crippen molar-refractivity contribution in [3.63, 3.8) is 0 Å². The summed E-state index contributed by atoms with van der Waals surface area (Å²) in [5, 5.41) is 2.90. The number of benzene rings is 2. The summed E-state index contributed by atoms with van der Waals surface area (Å²) in [5.74, 6) is 5.25. The highest BCUT2D eigenvalue weighted by atomic mass is 127. The van der Waals surface area contributed by atoms with Gasteiger partial charge in [0, 0.05) is 14.8 Å². The van der Waals surface area contributed by atoms with Gasteiger partial charge in [-0.2, -0.15) is 0 Å². The SMILES string of the molecule is Cc1ccc(NC(=O)c2ccc(NN)c(C)c2)cc1I. The third-order valence-electron chi connectivity index (χ3n) is 3.07. The molecule has 0 saturated carbocycles. The van der Waals surface area contributed by atoms with Crippen LogP contribution in [0.3, 0.4) is 0 Å². The van der Waals surface area contributed by atoms with Gasteiger partial charge in [0.25, 0.3) is 5.91 Å². The van der Waals surface area contributed by atoms with E-state index >= 15 is 0 Å². The van der Waals surface area contributed by atoms with Crippen LogP contribution in [-0.2, 0) is 0 Å². The first-order valence-corrected chi connectivity index (χ1v) is 7.24. The molecule has 0 spiro atoms. The molecule has 20 heavy (non-hydrogen) atoms. The molecule has 4 nitrogen and oxygen atoms in total. The minimum Gasteiger partial charge on any atom is -0.324 e. The number of carbonyl (C=O) groups excluding carboxylic acids is 1. The predicted octanol–water partition coefficient (Wildman–Crippen LogP) is 3.45. The van der Waals surface area contributed by atoms with E-state index in [2.05, 4.69) is 33.3 Å². The lowest BCUT2D eigenvalue weighted by atomic mass is 10.1. The molecule has 0 aliphatic carbocycles. The Hall–Kier alpha value is -1.60. The number of aryl methyl sites for hydroxylation is 2. The summed E-state index contributed by atoms with van der Waals surface area (Å²) in [6.07, 6.45) is 0. The van der Waals surface area contributed by atoms with E-state index in [4.69, 9.17) is 5.84 Å². The van der Waals surface area contributed by atoms with Crippen molar-refractivity contribution in [1.82, 2.24) is 0 Å². The van der Waals surface area contributed by atoms with Crippen LogP contribution in [0.5, 0.6) is 0 Å². The molecule has 104 valence electrons. The number of anilines is 2. The molecule has 0 aliphatic rings. The van der Waals surface area contributed by atoms with Crippen LogP contribution in [0.15, 0.2) is 36.4 Å². The molecule has 5 heteroatoms. The Bertz CT molecular complexity index is 656. The van der Waals surface area contributed by atoms with Gasteiger partial charge >= 0.3 is 0 Å². The standard InChI is InChI=1S/C15H16IN3O/c1-9-3-5-12(8-13(9)16)18-15(20)11-4-6-14(19-17)10(2)7-11/h3-8,19H,17H2,1-2H3,(H,18,20). The number of halogens is 1. The van der Waals surface area contributed by atoms with Gasteiger partial charge in [-0.15, -0.1) is 0 Å². The van der Waals surface area contributed by atoms with E-state index < -0.39 is 0 Å². The topological polar surface area (TPSA) is 67.2 Å². The number of nitrogens with one attached hydrogen (secondary N) is 2. The third kappa shape index (κ3) is 3.29. The maximum Gasteiger partial charge on any atom is 0.255 e. The molecule has 2 aromatic rings. The van der Waals surface area contributed by atoms with Gasteiger partial charge in [0.15, 0.2) is 0 Å². The van der Waals surface area contributed by atoms with Crippen LogP contribution in [0.4, 0.5) is 11.4 Å². The van der Waals surface area contributed by atoms with Crippen molar-refractivity contribution in [2.75, 3.05) is 10.7 Å². The second kappa shape index (κ2) is 6.23. The van der Waals surface area contributed by atoms with Gasteiger partial charge in [0.1, 0.15) is 0 Å². The van der Waals surface area contributed by atoms with E-state index in [-0.39, 0.29) is 5.91 Å². The molecule has 0 aromatic heterocycles. The van der Waals surface area contributed by atoms with E-state index in [1.54, 1.807) is 12.1 Å². The van der Waals surface area contributed by atoms with Crippen molar-refractivity contribution in [1.29, 1.82) is 0 Å². The van der Waals surface area contributed by atoms with Gasteiger partial charge in [-0.25, -0.2) is 0 Å². The van der Waals surface area contributed by atoms with E-state index in [1.807, 2.05) is 38.1 Å². The maximum atomic E-state index is 12.2. The van der Waals surface area contributed by atoms with Crippen LogP contribution in [0.1, 0.15) is 21.5 Å². The summed E-state index contributed by atoms with van der Waals surface area (Å²) in [6, 6.07) is 11.2. The van der Waals surface area contributed by atoms with Crippen molar-refractivity contribution >= 4 is 39.9 Å². The molecule has 0 fully saturated rings. The zero-order valence-corrected chi connectivity index (χ0v) is 13.5. The smallest absolute Gasteiger partial charge is 0.255 e. The number of rotatable bonds is 3. The Kier molecular flexibility index (Phi) is 4.61. The average molecular weight is 381 g/mol. The van der Waals surface area contributed by atoms with Crippen molar-refractivity contribution in [3.8, 4) is 0 Å². The fourth-order valence-corrected chi connectivity index (χ4v) is 2.36. The van der Waals surface area contributed by atoms with Crippen molar-refractivity contribution in [2.24, 2.45) is 5.84 Å². The molecule has 0 bridgehead atoms. The first-order chi connectivity index (χ1) is 9.51. The van der Waals surface area contributed by atoms with Gasteiger partial charge < -0.3 is 10.7 Å². The fourth-order valence-electron chi connectivity index (χ4n) is 1.84. The summed E-state index contributed by atoms with van der Waals surface area (Å²) >= 11 is 2.25. The first-order valence-electron chi connectivity index (χ1n) is 6.16. The summed E-state index contributed by atoms with van der Waals surface area (Å²) < 4.78 is 1.12. The van der Waals surface area contributed by atoms with Crippen LogP contribution in [0.2, 0.25) is 0 Å². The summed E-state index contributed by atoms with van der Waals surface area (Å²) in [5.41, 5.74) is 6.93. The van der Waals surface area contributed by atoms with Crippen molar-refractivity contribution in [3.05, 3.63) is 56.7 Å². The zero-order valence-electron chi connectivity index (χ0n) is 11.3. The number of hydrazine groups is 1. The molecular weight excluding hydrogens is 365 g/mol. The van der Waals surface area contributed by atoms with Crippen LogP contribution >= 0.6 is 22.6 Å². The Morgan fingerprint density at radius 3 is 2.45 bits per heavy atom. The molecule has 0 atom stereocenters. The number of hydrogen-bond donors (Lipinski definition) is 3. The molecule has 0 radical (unpaired) electrons. The Labute approximate surface area is 131 Å². The molecule has 0 aliphatic heterocycles. The number of amides is 1. The molecular formula is C15H16IN3O. The van der Waals surface area contributed by atoms with E-state index in [9.17, 15) is 4.79 Å². The molecule has 4 N–H and O–H groups in total. The monoisotopic (exact) mass is 381 g/mol. The van der Waals surface area contributed by atoms with Crippen molar-refractivity contribution < 1.29 is 4.79 Å². The predicted molar refractivity (Wildman–Crippen MR) is 90.8 cm³/mol. The summed E-state index contributed by atoms with van der Waals surface area (Å²) in [7, 11) is 0. The first kappa shape index (κ1) is 14.8. The fraction of sp³-hybridized carbons (Fsp3) is 0.133. The lowest BCUT2D eigenvalue weighted by Gasteiger charge is -2.09. The highest BCUT2D eigenvalue weighted by Gasteiger charge is 2.08. The van der Waals surface area contributed by atoms with Gasteiger partial charge in [-0.05, 0) is 77.9 Å². The van der Waals surface area contributed by atoms with Gasteiger partial charge in [0.05, 0.1) is 5.69 Å². The molecule has 0 saturated heterocycles. The Morgan fingerprint density at radius 2 is 1.85 bits per heavy atom. The molecule has 0 unspecified atom stereocenters. The summed E-state index contributed by atoms with van der Waals surface area (Å²) in [4.78, 5) is 12.2. The Balaban J connectivity index is 2.19. The number of hydrogen-bond acceptors (Lipinski definition) is 3. The largest absolute Gasteiger partial charge is 0.324 e. The highest BCUT2D eigenvalue weighted by Crippen LogP contribution is 2.19. The van der Waals surface area contributed by atoms with Gasteiger partial charge in [-0.3, -0.25) is 10.6 Å². The maximum absolute atomic E-state index is 12.2. The van der Waals surface area contributed by atoms with Gasteiger partial charge in [-0.1, -0.05) is 6.07 Å². The highest BCUT2D eigenvalue weighted by molar-refractivity contribution is 14.1. The molecule has 2 rings (SSSR count). The molecule has 1 amide bonds.